The molecule has 0 aromatic heterocycles. The molecule has 2 saturated heterocycles. The minimum atomic E-state index is -0.166. The molecule has 2 heterocycles. The Morgan fingerprint density at radius 2 is 1.94 bits per heavy atom. The maximum absolute atomic E-state index is 12.0. The van der Waals surface area contributed by atoms with Crippen molar-refractivity contribution in [3.05, 3.63) is 0 Å². The van der Waals surface area contributed by atoms with Gasteiger partial charge in [0.2, 0.25) is 0 Å². The van der Waals surface area contributed by atoms with Crippen LogP contribution >= 0.6 is 0 Å². The summed E-state index contributed by atoms with van der Waals surface area (Å²) in [5, 5.41) is 0. The number of terminal acetylenes is 1. The van der Waals surface area contributed by atoms with Crippen molar-refractivity contribution in [1.29, 1.82) is 0 Å². The van der Waals surface area contributed by atoms with Crippen LogP contribution in [0.5, 0.6) is 0 Å². The number of amides is 1. The molecule has 18 heavy (non-hydrogen) atoms. The van der Waals surface area contributed by atoms with E-state index in [9.17, 15) is 4.79 Å². The van der Waals surface area contributed by atoms with Crippen molar-refractivity contribution in [2.45, 2.75) is 38.2 Å². The van der Waals surface area contributed by atoms with Gasteiger partial charge in [-0.2, -0.15) is 0 Å². The molecule has 0 N–H and O–H groups in total. The quantitative estimate of drug-likeness (QED) is 0.705. The Kier molecular flexibility index (Phi) is 4.89. The van der Waals surface area contributed by atoms with Gasteiger partial charge in [-0.25, -0.2) is 4.79 Å². The monoisotopic (exact) mass is 251 g/mol. The van der Waals surface area contributed by atoms with Crippen molar-refractivity contribution >= 4 is 6.09 Å². The normalized spacial score (nSPS) is 22.5. The molecule has 0 spiro atoms. The highest BCUT2D eigenvalue weighted by molar-refractivity contribution is 5.67. The van der Waals surface area contributed by atoms with Crippen LogP contribution in [0.15, 0.2) is 0 Å². The van der Waals surface area contributed by atoms with E-state index < -0.39 is 0 Å². The minimum absolute atomic E-state index is 0.0367. The van der Waals surface area contributed by atoms with Gasteiger partial charge >= 0.3 is 6.09 Å². The van der Waals surface area contributed by atoms with Crippen molar-refractivity contribution in [3.63, 3.8) is 0 Å². The standard InChI is InChI=1S/C14H21NO3/c1-2-3-12-4-8-15(9-5-12)14(16)18-13-6-10-17-11-7-13/h1,12-13H,3-11H2. The molecule has 0 aromatic carbocycles. The van der Waals surface area contributed by atoms with Gasteiger partial charge in [0, 0.05) is 32.4 Å². The molecule has 0 atom stereocenters. The van der Waals surface area contributed by atoms with Crippen LogP contribution in [0.25, 0.3) is 0 Å². The van der Waals surface area contributed by atoms with Gasteiger partial charge in [-0.1, -0.05) is 0 Å². The van der Waals surface area contributed by atoms with E-state index in [0.717, 1.165) is 45.2 Å². The fourth-order valence-electron chi connectivity index (χ4n) is 2.50. The summed E-state index contributed by atoms with van der Waals surface area (Å²) in [5.74, 6) is 3.27. The number of piperidine rings is 1. The maximum Gasteiger partial charge on any atom is 0.410 e. The van der Waals surface area contributed by atoms with Crippen LogP contribution in [0, 0.1) is 18.3 Å². The fraction of sp³-hybridized carbons (Fsp3) is 0.786. The Balaban J connectivity index is 1.72. The lowest BCUT2D eigenvalue weighted by Crippen LogP contribution is -2.41. The molecular weight excluding hydrogens is 230 g/mol. The summed E-state index contributed by atoms with van der Waals surface area (Å²) in [7, 11) is 0. The Hall–Kier alpha value is -1.21. The van der Waals surface area contributed by atoms with E-state index in [1.165, 1.54) is 0 Å². The van der Waals surface area contributed by atoms with Gasteiger partial charge in [0.25, 0.3) is 0 Å². The number of nitrogens with zero attached hydrogens (tertiary/aromatic N) is 1. The average molecular weight is 251 g/mol. The molecule has 4 heteroatoms. The first-order chi connectivity index (χ1) is 8.79. The molecule has 1 amide bonds. The van der Waals surface area contributed by atoms with Crippen LogP contribution < -0.4 is 0 Å². The minimum Gasteiger partial charge on any atom is -0.446 e. The second-order valence-corrected chi connectivity index (χ2v) is 5.03. The first kappa shape index (κ1) is 13.2. The van der Waals surface area contributed by atoms with Gasteiger partial charge in [0.05, 0.1) is 13.2 Å². The van der Waals surface area contributed by atoms with Crippen molar-refractivity contribution < 1.29 is 14.3 Å². The first-order valence-electron chi connectivity index (χ1n) is 6.76. The van der Waals surface area contributed by atoms with E-state index in [4.69, 9.17) is 15.9 Å². The van der Waals surface area contributed by atoms with E-state index in [1.54, 1.807) is 0 Å². The van der Waals surface area contributed by atoms with Gasteiger partial charge in [0.15, 0.2) is 0 Å². The fourth-order valence-corrected chi connectivity index (χ4v) is 2.50. The summed E-state index contributed by atoms with van der Waals surface area (Å²) in [6.07, 6.45) is 9.63. The number of carbonyl (C=O) groups excluding carboxylic acids is 1. The summed E-state index contributed by atoms with van der Waals surface area (Å²) in [6.45, 7) is 2.94. The summed E-state index contributed by atoms with van der Waals surface area (Å²) in [5.41, 5.74) is 0. The Bertz CT molecular complexity index is 309. The molecule has 0 radical (unpaired) electrons. The lowest BCUT2D eigenvalue weighted by atomic mass is 9.94. The lowest BCUT2D eigenvalue weighted by molar-refractivity contribution is -0.0129. The third-order valence-electron chi connectivity index (χ3n) is 3.72. The molecule has 2 rings (SSSR count). The van der Waals surface area contributed by atoms with Crippen LogP contribution in [0.3, 0.4) is 0 Å². The Labute approximate surface area is 109 Å². The Morgan fingerprint density at radius 1 is 1.28 bits per heavy atom. The first-order valence-corrected chi connectivity index (χ1v) is 6.76. The van der Waals surface area contributed by atoms with Crippen LogP contribution in [-0.4, -0.2) is 43.4 Å². The van der Waals surface area contributed by atoms with Gasteiger partial charge in [-0.15, -0.1) is 12.3 Å². The zero-order chi connectivity index (χ0) is 12.8. The summed E-state index contributed by atoms with van der Waals surface area (Å²) < 4.78 is 10.7. The van der Waals surface area contributed by atoms with Crippen molar-refractivity contribution in [1.82, 2.24) is 4.90 Å². The van der Waals surface area contributed by atoms with Gasteiger partial charge in [0.1, 0.15) is 6.10 Å². The molecule has 0 bridgehead atoms. The second-order valence-electron chi connectivity index (χ2n) is 5.03. The zero-order valence-electron chi connectivity index (χ0n) is 10.8. The molecular formula is C14H21NO3. The molecule has 4 nitrogen and oxygen atoms in total. The van der Waals surface area contributed by atoms with Crippen molar-refractivity contribution in [2.24, 2.45) is 5.92 Å². The smallest absolute Gasteiger partial charge is 0.410 e. The number of carbonyl (C=O) groups is 1. The van der Waals surface area contributed by atoms with Crippen LogP contribution in [-0.2, 0) is 9.47 Å². The van der Waals surface area contributed by atoms with Crippen LogP contribution in [0.1, 0.15) is 32.1 Å². The second kappa shape index (κ2) is 6.65. The molecule has 0 aromatic rings. The number of likely N-dealkylation sites (tertiary alicyclic amines) is 1. The number of ether oxygens (including phenoxy) is 2. The van der Waals surface area contributed by atoms with Crippen molar-refractivity contribution in [2.75, 3.05) is 26.3 Å². The molecule has 2 aliphatic heterocycles. The van der Waals surface area contributed by atoms with Gasteiger partial charge in [-0.3, -0.25) is 0 Å². The summed E-state index contributed by atoms with van der Waals surface area (Å²) in [4.78, 5) is 13.8. The summed E-state index contributed by atoms with van der Waals surface area (Å²) in [6, 6.07) is 0. The molecule has 2 fully saturated rings. The number of hydrogen-bond acceptors (Lipinski definition) is 3. The van der Waals surface area contributed by atoms with E-state index in [2.05, 4.69) is 5.92 Å². The number of hydrogen-bond donors (Lipinski definition) is 0. The molecule has 0 aliphatic carbocycles. The van der Waals surface area contributed by atoms with E-state index in [1.807, 2.05) is 4.90 Å². The average Bonchev–Trinajstić information content (AvgIpc) is 2.41. The molecule has 0 saturated carbocycles. The number of rotatable bonds is 2. The highest BCUT2D eigenvalue weighted by Crippen LogP contribution is 2.21. The van der Waals surface area contributed by atoms with Gasteiger partial charge in [-0.05, 0) is 18.8 Å². The third-order valence-corrected chi connectivity index (χ3v) is 3.72. The maximum atomic E-state index is 12.0. The third kappa shape index (κ3) is 3.64. The largest absolute Gasteiger partial charge is 0.446 e. The highest BCUT2D eigenvalue weighted by Gasteiger charge is 2.26. The predicted octanol–water partition coefficient (Wildman–Crippen LogP) is 2.04. The molecule has 100 valence electrons. The predicted molar refractivity (Wildman–Crippen MR) is 68.1 cm³/mol. The zero-order valence-corrected chi connectivity index (χ0v) is 10.8. The van der Waals surface area contributed by atoms with Crippen LogP contribution in [0.4, 0.5) is 4.79 Å². The van der Waals surface area contributed by atoms with E-state index >= 15 is 0 Å². The highest BCUT2D eigenvalue weighted by atomic mass is 16.6. The molecule has 0 unspecified atom stereocenters. The Morgan fingerprint density at radius 3 is 2.56 bits per heavy atom. The van der Waals surface area contributed by atoms with Crippen LogP contribution in [0.2, 0.25) is 0 Å². The van der Waals surface area contributed by atoms with Crippen molar-refractivity contribution in [3.8, 4) is 12.3 Å². The molecule has 2 aliphatic rings. The summed E-state index contributed by atoms with van der Waals surface area (Å²) >= 11 is 0. The topological polar surface area (TPSA) is 38.8 Å². The van der Waals surface area contributed by atoms with E-state index in [0.29, 0.717) is 19.1 Å². The van der Waals surface area contributed by atoms with Gasteiger partial charge < -0.3 is 14.4 Å². The SMILES string of the molecule is C#CCC1CCN(C(=O)OC2CCOCC2)CC1. The lowest BCUT2D eigenvalue weighted by Gasteiger charge is -2.32. The van der Waals surface area contributed by atoms with E-state index in [-0.39, 0.29) is 12.2 Å².